The molecule has 0 unspecified atom stereocenters. The number of benzene rings is 1. The molecule has 4 atom stereocenters. The highest BCUT2D eigenvalue weighted by Gasteiger charge is 2.44. The molecule has 1 N–H and O–H groups in total. The predicted octanol–water partition coefficient (Wildman–Crippen LogP) is 2.16. The number of hydrogen-bond donors (Lipinski definition) is 1. The number of methoxy groups -OCH3 is 1. The van der Waals surface area contributed by atoms with Gasteiger partial charge in [-0.15, -0.1) is 0 Å². The molecule has 1 amide bonds. The summed E-state index contributed by atoms with van der Waals surface area (Å²) in [6.07, 6.45) is 3.48. The highest BCUT2D eigenvalue weighted by Crippen LogP contribution is 2.38. The fourth-order valence-electron chi connectivity index (χ4n) is 4.34. The smallest absolute Gasteiger partial charge is 0.337 e. The molecular weight excluding hydrogens is 372 g/mol. The molecule has 2 fully saturated rings. The van der Waals surface area contributed by atoms with Crippen LogP contribution in [0.4, 0.5) is 0 Å². The minimum atomic E-state index is -0.619. The van der Waals surface area contributed by atoms with Gasteiger partial charge in [-0.1, -0.05) is 6.07 Å². The van der Waals surface area contributed by atoms with E-state index >= 15 is 0 Å². The van der Waals surface area contributed by atoms with Crippen molar-refractivity contribution in [3.05, 3.63) is 59.9 Å². The molecule has 29 heavy (non-hydrogen) atoms. The Morgan fingerprint density at radius 2 is 1.86 bits per heavy atom. The Kier molecular flexibility index (Phi) is 5.49. The Morgan fingerprint density at radius 3 is 2.59 bits per heavy atom. The van der Waals surface area contributed by atoms with E-state index < -0.39 is 12.1 Å². The number of aliphatic hydroxyl groups is 1. The van der Waals surface area contributed by atoms with Crippen LogP contribution in [-0.4, -0.2) is 59.3 Å². The van der Waals surface area contributed by atoms with Crippen molar-refractivity contribution >= 4 is 11.9 Å². The monoisotopic (exact) mass is 396 g/mol. The van der Waals surface area contributed by atoms with Crippen molar-refractivity contribution in [2.24, 2.45) is 11.8 Å². The number of hydrogen-bond acceptors (Lipinski definition) is 6. The van der Waals surface area contributed by atoms with Crippen LogP contribution in [0, 0.1) is 11.8 Å². The number of fused-ring (bicyclic) bond motifs is 1. The number of pyridine rings is 1. The Bertz CT molecular complexity index is 888. The van der Waals surface area contributed by atoms with Gasteiger partial charge >= 0.3 is 5.97 Å². The van der Waals surface area contributed by atoms with E-state index in [4.69, 9.17) is 9.47 Å². The third kappa shape index (κ3) is 4.10. The number of ether oxygens (including phenoxy) is 2. The third-order valence-electron chi connectivity index (χ3n) is 5.82. The van der Waals surface area contributed by atoms with Crippen molar-refractivity contribution in [3.63, 3.8) is 0 Å². The van der Waals surface area contributed by atoms with Crippen molar-refractivity contribution < 1.29 is 24.2 Å². The number of amides is 1. The first-order valence-corrected chi connectivity index (χ1v) is 9.77. The van der Waals surface area contributed by atoms with Crippen molar-refractivity contribution in [2.45, 2.75) is 25.0 Å². The fraction of sp³-hybridized carbons (Fsp3) is 0.409. The maximum Gasteiger partial charge on any atom is 0.337 e. The van der Waals surface area contributed by atoms with E-state index in [9.17, 15) is 14.7 Å². The van der Waals surface area contributed by atoms with Crippen LogP contribution in [0.5, 0.6) is 5.75 Å². The largest absolute Gasteiger partial charge is 0.488 e. The van der Waals surface area contributed by atoms with Crippen molar-refractivity contribution in [3.8, 4) is 5.75 Å². The van der Waals surface area contributed by atoms with E-state index in [1.165, 1.54) is 7.11 Å². The Labute approximate surface area is 169 Å². The lowest BCUT2D eigenvalue weighted by molar-refractivity contribution is -0.0231. The maximum absolute atomic E-state index is 12.7. The average Bonchev–Trinajstić information content (AvgIpc) is 3.16. The first-order chi connectivity index (χ1) is 14.0. The van der Waals surface area contributed by atoms with Crippen LogP contribution in [-0.2, 0) is 4.74 Å². The van der Waals surface area contributed by atoms with Gasteiger partial charge in [0.15, 0.2) is 0 Å². The van der Waals surface area contributed by atoms with Gasteiger partial charge in [0.25, 0.3) is 5.91 Å². The summed E-state index contributed by atoms with van der Waals surface area (Å²) in [5.74, 6) is 0.599. The third-order valence-corrected chi connectivity index (χ3v) is 5.82. The molecule has 1 saturated heterocycles. The quantitative estimate of drug-likeness (QED) is 0.797. The van der Waals surface area contributed by atoms with Crippen LogP contribution < -0.4 is 4.74 Å². The van der Waals surface area contributed by atoms with Crippen LogP contribution in [0.3, 0.4) is 0 Å². The number of likely N-dealkylation sites (tertiary alicyclic amines) is 1. The number of rotatable bonds is 4. The summed E-state index contributed by atoms with van der Waals surface area (Å²) < 4.78 is 10.8. The normalized spacial score (nSPS) is 25.9. The van der Waals surface area contributed by atoms with E-state index in [0.29, 0.717) is 42.8 Å². The second-order valence-electron chi connectivity index (χ2n) is 7.69. The van der Waals surface area contributed by atoms with Gasteiger partial charge in [-0.25, -0.2) is 4.79 Å². The molecule has 4 rings (SSSR count). The van der Waals surface area contributed by atoms with Gasteiger partial charge in [-0.2, -0.15) is 0 Å². The van der Waals surface area contributed by atoms with Crippen LogP contribution >= 0.6 is 0 Å². The zero-order valence-electron chi connectivity index (χ0n) is 16.2. The molecule has 2 heterocycles. The summed E-state index contributed by atoms with van der Waals surface area (Å²) in [6, 6.07) is 10.3. The summed E-state index contributed by atoms with van der Waals surface area (Å²) >= 11 is 0. The summed E-state index contributed by atoms with van der Waals surface area (Å²) in [5, 5.41) is 10.6. The lowest BCUT2D eigenvalue weighted by Gasteiger charge is -2.35. The minimum absolute atomic E-state index is 0.0229. The number of carbonyl (C=O) groups excluding carboxylic acids is 2. The van der Waals surface area contributed by atoms with E-state index in [2.05, 4.69) is 4.98 Å². The lowest BCUT2D eigenvalue weighted by Crippen LogP contribution is -2.42. The minimum Gasteiger partial charge on any atom is -0.488 e. The highest BCUT2D eigenvalue weighted by molar-refractivity contribution is 5.94. The molecule has 0 spiro atoms. The van der Waals surface area contributed by atoms with Crippen LogP contribution in [0.2, 0.25) is 0 Å². The topological polar surface area (TPSA) is 89.0 Å². The molecular formula is C22H24N2O5. The molecule has 2 aromatic rings. The van der Waals surface area contributed by atoms with E-state index in [1.807, 2.05) is 4.90 Å². The van der Waals surface area contributed by atoms with Crippen LogP contribution in [0.15, 0.2) is 48.8 Å². The Morgan fingerprint density at radius 1 is 1.10 bits per heavy atom. The number of esters is 1. The Balaban J connectivity index is 1.42. The first kappa shape index (κ1) is 19.4. The molecule has 1 aromatic heterocycles. The number of aromatic nitrogens is 1. The average molecular weight is 396 g/mol. The zero-order valence-corrected chi connectivity index (χ0v) is 16.2. The molecule has 7 nitrogen and oxygen atoms in total. The van der Waals surface area contributed by atoms with Gasteiger partial charge in [0.2, 0.25) is 0 Å². The summed E-state index contributed by atoms with van der Waals surface area (Å²) in [4.78, 5) is 30.3. The first-order valence-electron chi connectivity index (χ1n) is 9.77. The Hall–Kier alpha value is -2.93. The van der Waals surface area contributed by atoms with Gasteiger partial charge in [0, 0.05) is 25.5 Å². The summed E-state index contributed by atoms with van der Waals surface area (Å²) in [5.41, 5.74) is 0.987. The second kappa shape index (κ2) is 8.21. The molecule has 1 aliphatic heterocycles. The molecule has 2 aliphatic rings. The highest BCUT2D eigenvalue weighted by atomic mass is 16.5. The predicted molar refractivity (Wildman–Crippen MR) is 105 cm³/mol. The zero-order chi connectivity index (χ0) is 20.4. The maximum atomic E-state index is 12.7. The van der Waals surface area contributed by atoms with Gasteiger partial charge in [0.1, 0.15) is 11.9 Å². The molecule has 0 bridgehead atoms. The second-order valence-corrected chi connectivity index (χ2v) is 7.69. The SMILES string of the molecule is COC(=O)c1cccc(O[C@@H]2C[C@@H]3CN(C(=O)c4cccnc4)C[C@@H]3C[C@H]2O)c1. The van der Waals surface area contributed by atoms with Gasteiger partial charge in [0.05, 0.1) is 24.3 Å². The van der Waals surface area contributed by atoms with Gasteiger partial charge < -0.3 is 19.5 Å². The number of nitrogens with zero attached hydrogens (tertiary/aromatic N) is 2. The number of aliphatic hydroxyl groups excluding tert-OH is 1. The van der Waals surface area contributed by atoms with Crippen molar-refractivity contribution in [2.75, 3.05) is 20.2 Å². The standard InChI is InChI=1S/C22H24N2O5/c1-28-22(27)14-4-2-6-18(8-14)29-20-10-17-13-24(12-16(17)9-19(20)25)21(26)15-5-3-7-23-11-15/h2-8,11,16-17,19-20,25H,9-10,12-13H2,1H3/t16-,17+,19+,20+/m0/s1. The summed E-state index contributed by atoms with van der Waals surface area (Å²) in [7, 11) is 1.33. The molecule has 1 aromatic carbocycles. The van der Waals surface area contributed by atoms with Gasteiger partial charge in [-0.3, -0.25) is 9.78 Å². The van der Waals surface area contributed by atoms with E-state index in [-0.39, 0.29) is 23.8 Å². The fourth-order valence-corrected chi connectivity index (χ4v) is 4.34. The van der Waals surface area contributed by atoms with Gasteiger partial charge in [-0.05, 0) is 55.0 Å². The number of carbonyl (C=O) groups is 2. The molecule has 1 aliphatic carbocycles. The van der Waals surface area contributed by atoms with E-state index in [0.717, 1.165) is 0 Å². The van der Waals surface area contributed by atoms with Crippen molar-refractivity contribution in [1.29, 1.82) is 0 Å². The van der Waals surface area contributed by atoms with Crippen molar-refractivity contribution in [1.82, 2.24) is 9.88 Å². The molecule has 7 heteroatoms. The van der Waals surface area contributed by atoms with Crippen LogP contribution in [0.1, 0.15) is 33.6 Å². The molecule has 152 valence electrons. The van der Waals surface area contributed by atoms with Crippen LogP contribution in [0.25, 0.3) is 0 Å². The molecule has 0 radical (unpaired) electrons. The lowest BCUT2D eigenvalue weighted by atomic mass is 9.78. The molecule has 1 saturated carbocycles. The summed E-state index contributed by atoms with van der Waals surface area (Å²) in [6.45, 7) is 1.28. The van der Waals surface area contributed by atoms with E-state index in [1.54, 1.807) is 48.8 Å².